The summed E-state index contributed by atoms with van der Waals surface area (Å²) in [6.07, 6.45) is 4.53. The number of aromatic amines is 1. The molecule has 3 heteroatoms. The fourth-order valence-corrected chi connectivity index (χ4v) is 3.37. The van der Waals surface area contributed by atoms with Gasteiger partial charge in [-0.25, -0.2) is 4.98 Å². The molecular weight excluding hydrogens is 294 g/mol. The van der Waals surface area contributed by atoms with Gasteiger partial charge in [-0.1, -0.05) is 24.3 Å². The highest BCUT2D eigenvalue weighted by atomic mass is 15.1. The minimum absolute atomic E-state index is 1.03. The second-order valence-electron chi connectivity index (χ2n) is 6.48. The second-order valence-corrected chi connectivity index (χ2v) is 6.48. The molecule has 1 aromatic heterocycles. The van der Waals surface area contributed by atoms with Crippen LogP contribution in [0.15, 0.2) is 48.7 Å². The highest BCUT2D eigenvalue weighted by Crippen LogP contribution is 2.25. The molecule has 0 aliphatic rings. The molecule has 0 aliphatic carbocycles. The first kappa shape index (κ1) is 16.7. The fraction of sp³-hybridized carbons (Fsp3) is 0.381. The molecule has 0 saturated carbocycles. The second kappa shape index (κ2) is 8.11. The molecule has 0 fully saturated rings. The Labute approximate surface area is 144 Å². The lowest BCUT2D eigenvalue weighted by atomic mass is 10.1. The van der Waals surface area contributed by atoms with E-state index in [2.05, 4.69) is 66.6 Å². The fourth-order valence-electron chi connectivity index (χ4n) is 3.37. The number of quaternary nitrogens is 1. The van der Waals surface area contributed by atoms with Crippen LogP contribution in [0.2, 0.25) is 0 Å². The number of nitrogens with one attached hydrogen (secondary N) is 3. The molecule has 2 aromatic carbocycles. The standard InChI is InChI=1S/C21H27N3/c1-3-24(4-2)14-8-7-12-22-20-11-13-23-21-16-18-10-6-5-9-17(18)15-19(20)21/h5-6,9-11,13,15-16H,3-4,7-8,12,14H2,1-2H3,(H,22,23)/p+2. The van der Waals surface area contributed by atoms with Gasteiger partial charge in [-0.05, 0) is 43.5 Å². The van der Waals surface area contributed by atoms with Crippen LogP contribution in [-0.2, 0) is 0 Å². The van der Waals surface area contributed by atoms with E-state index in [9.17, 15) is 0 Å². The molecule has 0 radical (unpaired) electrons. The number of pyridine rings is 1. The van der Waals surface area contributed by atoms with Crippen LogP contribution in [0.25, 0.3) is 21.7 Å². The third kappa shape index (κ3) is 3.85. The number of unbranched alkanes of at least 4 members (excludes halogenated alkanes) is 1. The summed E-state index contributed by atoms with van der Waals surface area (Å²) in [5.41, 5.74) is 2.41. The van der Waals surface area contributed by atoms with Crippen LogP contribution in [0.3, 0.4) is 0 Å². The number of fused-ring (bicyclic) bond motifs is 2. The molecule has 3 aromatic rings. The third-order valence-electron chi connectivity index (χ3n) is 4.94. The first-order chi connectivity index (χ1) is 11.8. The number of hydrogen-bond acceptors (Lipinski definition) is 1. The lowest BCUT2D eigenvalue weighted by Crippen LogP contribution is -3.11. The molecular formula is C21H29N3+2. The lowest BCUT2D eigenvalue weighted by Gasteiger charge is -2.15. The van der Waals surface area contributed by atoms with Gasteiger partial charge in [-0.2, -0.15) is 0 Å². The monoisotopic (exact) mass is 323 g/mol. The van der Waals surface area contributed by atoms with Gasteiger partial charge in [0.2, 0.25) is 5.52 Å². The number of anilines is 1. The van der Waals surface area contributed by atoms with E-state index in [1.165, 1.54) is 59.8 Å². The normalized spacial score (nSPS) is 11.5. The summed E-state index contributed by atoms with van der Waals surface area (Å²) in [7, 11) is 0. The van der Waals surface area contributed by atoms with Gasteiger partial charge in [0.15, 0.2) is 6.20 Å². The van der Waals surface area contributed by atoms with Crippen molar-refractivity contribution in [2.24, 2.45) is 0 Å². The maximum Gasteiger partial charge on any atom is 0.213 e. The van der Waals surface area contributed by atoms with Crippen molar-refractivity contribution in [1.29, 1.82) is 0 Å². The van der Waals surface area contributed by atoms with E-state index >= 15 is 0 Å². The SMILES string of the molecule is CC[NH+](CC)CCCCNc1cc[nH+]c2cc3ccccc3cc12. The highest BCUT2D eigenvalue weighted by Gasteiger charge is 2.08. The summed E-state index contributed by atoms with van der Waals surface area (Å²) < 4.78 is 0. The Bertz CT molecular complexity index is 793. The Hall–Kier alpha value is -2.13. The van der Waals surface area contributed by atoms with Crippen LogP contribution >= 0.6 is 0 Å². The largest absolute Gasteiger partial charge is 0.384 e. The van der Waals surface area contributed by atoms with Crippen molar-refractivity contribution in [2.75, 3.05) is 31.5 Å². The zero-order valence-electron chi connectivity index (χ0n) is 14.9. The number of H-pyrrole nitrogens is 1. The van der Waals surface area contributed by atoms with Crippen molar-refractivity contribution < 1.29 is 9.88 Å². The van der Waals surface area contributed by atoms with Gasteiger partial charge >= 0.3 is 0 Å². The van der Waals surface area contributed by atoms with Crippen LogP contribution in [0.4, 0.5) is 5.69 Å². The molecule has 3 N–H and O–H groups in total. The molecule has 1 heterocycles. The van der Waals surface area contributed by atoms with Crippen molar-refractivity contribution in [1.82, 2.24) is 0 Å². The van der Waals surface area contributed by atoms with Gasteiger partial charge in [0.05, 0.1) is 30.7 Å². The van der Waals surface area contributed by atoms with Crippen molar-refractivity contribution in [3.8, 4) is 0 Å². The molecule has 0 saturated heterocycles. The van der Waals surface area contributed by atoms with E-state index in [0.717, 1.165) is 6.54 Å². The average molecular weight is 323 g/mol. The first-order valence-corrected chi connectivity index (χ1v) is 9.22. The molecule has 0 atom stereocenters. The molecule has 0 aliphatic heterocycles. The Morgan fingerprint density at radius 3 is 2.46 bits per heavy atom. The minimum Gasteiger partial charge on any atom is -0.384 e. The van der Waals surface area contributed by atoms with E-state index in [0.29, 0.717) is 0 Å². The first-order valence-electron chi connectivity index (χ1n) is 9.22. The van der Waals surface area contributed by atoms with Crippen LogP contribution in [0, 0.1) is 0 Å². The van der Waals surface area contributed by atoms with Crippen LogP contribution in [-0.4, -0.2) is 26.2 Å². The Balaban J connectivity index is 1.67. The van der Waals surface area contributed by atoms with Gasteiger partial charge in [0.1, 0.15) is 0 Å². The molecule has 24 heavy (non-hydrogen) atoms. The summed E-state index contributed by atoms with van der Waals surface area (Å²) >= 11 is 0. The van der Waals surface area contributed by atoms with Crippen molar-refractivity contribution in [3.05, 3.63) is 48.7 Å². The predicted molar refractivity (Wildman–Crippen MR) is 103 cm³/mol. The van der Waals surface area contributed by atoms with Crippen LogP contribution < -0.4 is 15.2 Å². The quantitative estimate of drug-likeness (QED) is 0.485. The van der Waals surface area contributed by atoms with E-state index in [1.54, 1.807) is 4.90 Å². The smallest absolute Gasteiger partial charge is 0.213 e. The maximum absolute atomic E-state index is 3.63. The van der Waals surface area contributed by atoms with E-state index < -0.39 is 0 Å². The number of rotatable bonds is 8. The number of aromatic nitrogens is 1. The van der Waals surface area contributed by atoms with Gasteiger partial charge < -0.3 is 10.2 Å². The van der Waals surface area contributed by atoms with Gasteiger partial charge in [-0.15, -0.1) is 0 Å². The van der Waals surface area contributed by atoms with Gasteiger partial charge in [0.25, 0.3) is 0 Å². The van der Waals surface area contributed by atoms with Crippen molar-refractivity contribution in [2.45, 2.75) is 26.7 Å². The molecule has 0 amide bonds. The molecule has 126 valence electrons. The zero-order valence-corrected chi connectivity index (χ0v) is 14.9. The van der Waals surface area contributed by atoms with Gasteiger partial charge in [-0.3, -0.25) is 0 Å². The summed E-state index contributed by atoms with van der Waals surface area (Å²) in [5, 5.41) is 7.47. The molecule has 0 spiro atoms. The van der Waals surface area contributed by atoms with E-state index in [-0.39, 0.29) is 0 Å². The molecule has 3 rings (SSSR count). The third-order valence-corrected chi connectivity index (χ3v) is 4.94. The highest BCUT2D eigenvalue weighted by molar-refractivity contribution is 6.00. The number of benzene rings is 2. The molecule has 3 nitrogen and oxygen atoms in total. The topological polar surface area (TPSA) is 30.6 Å². The Morgan fingerprint density at radius 2 is 1.71 bits per heavy atom. The summed E-state index contributed by atoms with van der Waals surface area (Å²) in [6, 6.07) is 15.2. The minimum atomic E-state index is 1.03. The van der Waals surface area contributed by atoms with Gasteiger partial charge in [0, 0.05) is 18.7 Å². The summed E-state index contributed by atoms with van der Waals surface area (Å²) in [5.74, 6) is 0. The summed E-state index contributed by atoms with van der Waals surface area (Å²) in [4.78, 5) is 5.07. The average Bonchev–Trinajstić information content (AvgIpc) is 2.63. The van der Waals surface area contributed by atoms with Crippen molar-refractivity contribution in [3.63, 3.8) is 0 Å². The van der Waals surface area contributed by atoms with Crippen molar-refractivity contribution >= 4 is 27.4 Å². The maximum atomic E-state index is 3.63. The van der Waals surface area contributed by atoms with E-state index in [1.807, 2.05) is 6.20 Å². The lowest BCUT2D eigenvalue weighted by molar-refractivity contribution is -0.896. The number of hydrogen-bond donors (Lipinski definition) is 2. The van der Waals surface area contributed by atoms with E-state index in [4.69, 9.17) is 0 Å². The van der Waals surface area contributed by atoms with Crippen LogP contribution in [0.5, 0.6) is 0 Å². The van der Waals surface area contributed by atoms with Crippen LogP contribution in [0.1, 0.15) is 26.7 Å². The molecule has 0 bridgehead atoms. The predicted octanol–water partition coefficient (Wildman–Crippen LogP) is 2.92. The zero-order chi connectivity index (χ0) is 16.8. The molecule has 0 unspecified atom stereocenters. The summed E-state index contributed by atoms with van der Waals surface area (Å²) in [6.45, 7) is 9.32. The Kier molecular flexibility index (Phi) is 5.65. The Morgan fingerprint density at radius 1 is 0.958 bits per heavy atom.